The van der Waals surface area contributed by atoms with Crippen molar-refractivity contribution in [3.8, 4) is 0 Å². The monoisotopic (exact) mass is 346 g/mol. The van der Waals surface area contributed by atoms with Crippen LogP contribution in [0.2, 0.25) is 0 Å². The quantitative estimate of drug-likeness (QED) is 0.842. The molecule has 0 spiro atoms. The summed E-state index contributed by atoms with van der Waals surface area (Å²) in [6.45, 7) is 5.56. The maximum atomic E-state index is 12.3. The number of aliphatic hydroxyl groups is 1. The SMILES string of the molecule is COC1(c2ccccc2)CC2CCC1CC2(O)CC(=O)OC(C)(C)C. The van der Waals surface area contributed by atoms with Gasteiger partial charge in [-0.3, -0.25) is 4.79 Å². The van der Waals surface area contributed by atoms with Crippen LogP contribution in [0.4, 0.5) is 0 Å². The Hall–Kier alpha value is -1.39. The van der Waals surface area contributed by atoms with Crippen LogP contribution in [0.5, 0.6) is 0 Å². The van der Waals surface area contributed by atoms with Crippen molar-refractivity contribution in [2.24, 2.45) is 11.8 Å². The molecule has 4 nitrogen and oxygen atoms in total. The van der Waals surface area contributed by atoms with Gasteiger partial charge >= 0.3 is 5.97 Å². The standard InChI is InChI=1S/C21H30O4/c1-19(2,3)25-18(22)14-20(23)12-17-11-10-16(20)13-21(17,24-4)15-8-6-5-7-9-15/h5-9,16-17,23H,10-14H2,1-4H3. The van der Waals surface area contributed by atoms with Gasteiger partial charge in [0.2, 0.25) is 0 Å². The zero-order valence-corrected chi connectivity index (χ0v) is 15.7. The van der Waals surface area contributed by atoms with Gasteiger partial charge in [0.15, 0.2) is 0 Å². The maximum absolute atomic E-state index is 12.3. The molecule has 138 valence electrons. The van der Waals surface area contributed by atoms with E-state index >= 15 is 0 Å². The van der Waals surface area contributed by atoms with E-state index in [0.29, 0.717) is 6.42 Å². The molecule has 0 amide bonds. The highest BCUT2D eigenvalue weighted by Crippen LogP contribution is 2.58. The first-order chi connectivity index (χ1) is 11.7. The Kier molecular flexibility index (Phi) is 4.71. The van der Waals surface area contributed by atoms with E-state index in [1.54, 1.807) is 7.11 Å². The Morgan fingerprint density at radius 1 is 1.16 bits per heavy atom. The molecule has 1 aromatic rings. The number of hydrogen-bond donors (Lipinski definition) is 1. The lowest BCUT2D eigenvalue weighted by Gasteiger charge is -2.57. The summed E-state index contributed by atoms with van der Waals surface area (Å²) in [6.07, 6.45) is 3.35. The van der Waals surface area contributed by atoms with Gasteiger partial charge in [0.05, 0.1) is 17.6 Å². The van der Waals surface area contributed by atoms with Crippen molar-refractivity contribution in [1.82, 2.24) is 0 Å². The number of rotatable bonds is 4. The summed E-state index contributed by atoms with van der Waals surface area (Å²) in [4.78, 5) is 12.3. The molecule has 4 rings (SSSR count). The number of carbonyl (C=O) groups is 1. The zero-order chi connectivity index (χ0) is 18.3. The van der Waals surface area contributed by atoms with Crippen molar-refractivity contribution in [2.75, 3.05) is 7.11 Å². The lowest BCUT2D eigenvalue weighted by Crippen LogP contribution is -2.58. The second-order valence-electron chi connectivity index (χ2n) is 8.71. The van der Waals surface area contributed by atoms with Crippen LogP contribution in [0, 0.1) is 11.8 Å². The number of benzene rings is 1. The van der Waals surface area contributed by atoms with Gasteiger partial charge in [-0.25, -0.2) is 0 Å². The van der Waals surface area contributed by atoms with Crippen molar-refractivity contribution in [1.29, 1.82) is 0 Å². The molecule has 0 heterocycles. The fourth-order valence-corrected chi connectivity index (χ4v) is 4.87. The number of carbonyl (C=O) groups excluding carboxylic acids is 1. The third-order valence-electron chi connectivity index (χ3n) is 5.93. The lowest BCUT2D eigenvalue weighted by atomic mass is 9.53. The van der Waals surface area contributed by atoms with Crippen molar-refractivity contribution in [3.05, 3.63) is 35.9 Å². The van der Waals surface area contributed by atoms with Gasteiger partial charge in [-0.1, -0.05) is 30.3 Å². The Morgan fingerprint density at radius 2 is 1.80 bits per heavy atom. The molecule has 0 saturated heterocycles. The summed E-state index contributed by atoms with van der Waals surface area (Å²) >= 11 is 0. The highest BCUT2D eigenvalue weighted by Gasteiger charge is 2.58. The predicted octanol–water partition coefficient (Wildman–Crippen LogP) is 3.81. The molecule has 0 aromatic heterocycles. The molecule has 3 aliphatic rings. The molecular weight excluding hydrogens is 316 g/mol. The van der Waals surface area contributed by atoms with Crippen LogP contribution in [0.1, 0.15) is 58.4 Å². The number of esters is 1. The summed E-state index contributed by atoms with van der Waals surface area (Å²) in [5.74, 6) is -0.0622. The largest absolute Gasteiger partial charge is 0.460 e. The lowest BCUT2D eigenvalue weighted by molar-refractivity contribution is -0.212. The topological polar surface area (TPSA) is 55.8 Å². The number of methoxy groups -OCH3 is 1. The van der Waals surface area contributed by atoms with Gasteiger partial charge in [-0.15, -0.1) is 0 Å². The minimum atomic E-state index is -0.984. The van der Waals surface area contributed by atoms with Gasteiger partial charge in [-0.2, -0.15) is 0 Å². The van der Waals surface area contributed by atoms with Crippen LogP contribution < -0.4 is 0 Å². The van der Waals surface area contributed by atoms with Gasteiger partial charge in [0.25, 0.3) is 0 Å². The maximum Gasteiger partial charge on any atom is 0.309 e. The Morgan fingerprint density at radius 3 is 2.32 bits per heavy atom. The summed E-state index contributed by atoms with van der Waals surface area (Å²) in [7, 11) is 1.76. The molecule has 3 fully saturated rings. The second kappa shape index (κ2) is 6.40. The van der Waals surface area contributed by atoms with Crippen LogP contribution >= 0.6 is 0 Å². The molecule has 4 unspecified atom stereocenters. The van der Waals surface area contributed by atoms with Crippen molar-refractivity contribution < 1.29 is 19.4 Å². The highest BCUT2D eigenvalue weighted by molar-refractivity contribution is 5.71. The van der Waals surface area contributed by atoms with Gasteiger partial charge in [0.1, 0.15) is 5.60 Å². The Balaban J connectivity index is 1.81. The molecule has 3 saturated carbocycles. The minimum absolute atomic E-state index is 0.0465. The van der Waals surface area contributed by atoms with E-state index in [-0.39, 0.29) is 29.8 Å². The summed E-state index contributed by atoms with van der Waals surface area (Å²) < 4.78 is 11.5. The van der Waals surface area contributed by atoms with E-state index in [2.05, 4.69) is 12.1 Å². The fourth-order valence-electron chi connectivity index (χ4n) is 4.87. The first-order valence-electron chi connectivity index (χ1n) is 9.23. The zero-order valence-electron chi connectivity index (χ0n) is 15.7. The van der Waals surface area contributed by atoms with Gasteiger partial charge < -0.3 is 14.6 Å². The smallest absolute Gasteiger partial charge is 0.309 e. The fraction of sp³-hybridized carbons (Fsp3) is 0.667. The molecule has 4 heteroatoms. The van der Waals surface area contributed by atoms with Crippen LogP contribution in [-0.2, 0) is 19.9 Å². The number of ether oxygens (including phenoxy) is 2. The third kappa shape index (κ3) is 3.47. The normalized spacial score (nSPS) is 34.8. The molecule has 0 aliphatic heterocycles. The predicted molar refractivity (Wildman–Crippen MR) is 96.0 cm³/mol. The second-order valence-corrected chi connectivity index (χ2v) is 8.71. The molecule has 0 radical (unpaired) electrons. The summed E-state index contributed by atoms with van der Waals surface area (Å²) in [5, 5.41) is 11.2. The Bertz CT molecular complexity index is 621. The first kappa shape index (κ1) is 18.4. The van der Waals surface area contributed by atoms with Crippen molar-refractivity contribution in [3.63, 3.8) is 0 Å². The minimum Gasteiger partial charge on any atom is -0.460 e. The molecule has 1 N–H and O–H groups in total. The van der Waals surface area contributed by atoms with E-state index in [1.807, 2.05) is 39.0 Å². The van der Waals surface area contributed by atoms with Gasteiger partial charge in [-0.05, 0) is 63.9 Å². The van der Waals surface area contributed by atoms with Crippen LogP contribution in [0.25, 0.3) is 0 Å². The molecule has 1 aromatic carbocycles. The molecular formula is C21H30O4. The average molecular weight is 346 g/mol. The highest BCUT2D eigenvalue weighted by atomic mass is 16.6. The van der Waals surface area contributed by atoms with E-state index in [4.69, 9.17) is 9.47 Å². The first-order valence-corrected chi connectivity index (χ1v) is 9.23. The van der Waals surface area contributed by atoms with Crippen LogP contribution in [-0.4, -0.2) is 29.4 Å². The molecule has 4 atom stereocenters. The summed E-state index contributed by atoms with van der Waals surface area (Å²) in [5.41, 5.74) is -0.695. The van der Waals surface area contributed by atoms with Crippen molar-refractivity contribution in [2.45, 2.75) is 69.7 Å². The van der Waals surface area contributed by atoms with Gasteiger partial charge in [0, 0.05) is 7.11 Å². The van der Waals surface area contributed by atoms with E-state index in [0.717, 1.165) is 19.3 Å². The summed E-state index contributed by atoms with van der Waals surface area (Å²) in [6, 6.07) is 10.3. The molecule has 2 bridgehead atoms. The van der Waals surface area contributed by atoms with Crippen molar-refractivity contribution >= 4 is 5.97 Å². The van der Waals surface area contributed by atoms with Crippen LogP contribution in [0.15, 0.2) is 30.3 Å². The van der Waals surface area contributed by atoms with E-state index in [9.17, 15) is 9.90 Å². The van der Waals surface area contributed by atoms with Crippen LogP contribution in [0.3, 0.4) is 0 Å². The average Bonchev–Trinajstić information content (AvgIpc) is 2.53. The number of fused-ring (bicyclic) bond motifs is 3. The third-order valence-corrected chi connectivity index (χ3v) is 5.93. The van der Waals surface area contributed by atoms with E-state index < -0.39 is 11.2 Å². The molecule has 3 aliphatic carbocycles. The van der Waals surface area contributed by atoms with E-state index in [1.165, 1.54) is 5.56 Å². The molecule has 25 heavy (non-hydrogen) atoms. The Labute approximate surface area is 150 Å². The number of hydrogen-bond acceptors (Lipinski definition) is 4.